The van der Waals surface area contributed by atoms with Crippen LogP contribution in [-0.2, 0) is 4.79 Å². The molecule has 16 heavy (non-hydrogen) atoms. The minimum Gasteiger partial charge on any atom is -0.339 e. The van der Waals surface area contributed by atoms with Gasteiger partial charge in [-0.15, -0.1) is 0 Å². The molecule has 0 saturated carbocycles. The van der Waals surface area contributed by atoms with Crippen molar-refractivity contribution in [3.8, 4) is 0 Å². The van der Waals surface area contributed by atoms with Crippen molar-refractivity contribution in [2.24, 2.45) is 0 Å². The first kappa shape index (κ1) is 13.2. The molecule has 0 aromatic heterocycles. The molecule has 0 aliphatic carbocycles. The van der Waals surface area contributed by atoms with E-state index in [1.807, 2.05) is 4.90 Å². The summed E-state index contributed by atoms with van der Waals surface area (Å²) in [5, 5.41) is 3.33. The molecule has 1 aliphatic heterocycles. The number of hydrogen-bond acceptors (Lipinski definition) is 2. The topological polar surface area (TPSA) is 32.3 Å². The minimum absolute atomic E-state index is 0.300. The van der Waals surface area contributed by atoms with Crippen LogP contribution in [0.2, 0.25) is 0 Å². The predicted octanol–water partition coefficient (Wildman–Crippen LogP) is 1.94. The molecule has 0 aromatic rings. The molecule has 0 bridgehead atoms. The Morgan fingerprint density at radius 1 is 1.56 bits per heavy atom. The van der Waals surface area contributed by atoms with Gasteiger partial charge in [-0.25, -0.2) is 0 Å². The van der Waals surface area contributed by atoms with Crippen LogP contribution < -0.4 is 5.32 Å². The van der Waals surface area contributed by atoms with Gasteiger partial charge in [-0.2, -0.15) is 0 Å². The van der Waals surface area contributed by atoms with Crippen molar-refractivity contribution in [1.82, 2.24) is 10.2 Å². The fraction of sp³-hybridized carbons (Fsp3) is 0.769. The quantitative estimate of drug-likeness (QED) is 0.572. The van der Waals surface area contributed by atoms with Crippen molar-refractivity contribution >= 4 is 5.91 Å². The number of rotatable bonds is 5. The summed E-state index contributed by atoms with van der Waals surface area (Å²) >= 11 is 0. The Morgan fingerprint density at radius 2 is 2.31 bits per heavy atom. The summed E-state index contributed by atoms with van der Waals surface area (Å²) in [4.78, 5) is 13.8. The van der Waals surface area contributed by atoms with Crippen molar-refractivity contribution in [2.75, 3.05) is 19.6 Å². The lowest BCUT2D eigenvalue weighted by atomic mass is 10.1. The van der Waals surface area contributed by atoms with Gasteiger partial charge in [0.2, 0.25) is 5.91 Å². The largest absolute Gasteiger partial charge is 0.339 e. The molecular weight excluding hydrogens is 200 g/mol. The van der Waals surface area contributed by atoms with Gasteiger partial charge >= 0.3 is 0 Å². The highest BCUT2D eigenvalue weighted by molar-refractivity contribution is 5.76. The molecule has 0 spiro atoms. The van der Waals surface area contributed by atoms with Gasteiger partial charge in [0.15, 0.2) is 0 Å². The maximum Gasteiger partial charge on any atom is 0.222 e. The Morgan fingerprint density at radius 3 is 2.88 bits per heavy atom. The second kappa shape index (κ2) is 6.69. The van der Waals surface area contributed by atoms with Crippen LogP contribution in [0, 0.1) is 0 Å². The van der Waals surface area contributed by atoms with Crippen LogP contribution in [0.15, 0.2) is 11.6 Å². The Kier molecular flexibility index (Phi) is 5.53. The lowest BCUT2D eigenvalue weighted by Gasteiger charge is -2.25. The van der Waals surface area contributed by atoms with E-state index in [2.05, 4.69) is 32.2 Å². The number of nitrogens with zero attached hydrogens (tertiary/aromatic N) is 1. The Hall–Kier alpha value is -0.830. The SMILES string of the molecule is CC1=CCN(C(=O)CCCNC(C)C)CC1. The van der Waals surface area contributed by atoms with E-state index in [9.17, 15) is 4.79 Å². The number of hydrogen-bond donors (Lipinski definition) is 1. The van der Waals surface area contributed by atoms with Crippen molar-refractivity contribution in [2.45, 2.75) is 46.1 Å². The highest BCUT2D eigenvalue weighted by Gasteiger charge is 2.14. The highest BCUT2D eigenvalue weighted by atomic mass is 16.2. The average molecular weight is 224 g/mol. The molecule has 0 fully saturated rings. The maximum atomic E-state index is 11.8. The molecule has 0 aromatic carbocycles. The monoisotopic (exact) mass is 224 g/mol. The lowest BCUT2D eigenvalue weighted by Crippen LogP contribution is -2.35. The average Bonchev–Trinajstić information content (AvgIpc) is 2.25. The second-order valence-electron chi connectivity index (χ2n) is 4.85. The molecule has 1 N–H and O–H groups in total. The number of nitrogens with one attached hydrogen (secondary N) is 1. The van der Waals surface area contributed by atoms with Crippen molar-refractivity contribution in [3.63, 3.8) is 0 Å². The van der Waals surface area contributed by atoms with E-state index in [0.29, 0.717) is 18.4 Å². The molecule has 0 saturated heterocycles. The van der Waals surface area contributed by atoms with E-state index in [0.717, 1.165) is 32.5 Å². The summed E-state index contributed by atoms with van der Waals surface area (Å²) in [7, 11) is 0. The third-order valence-corrected chi connectivity index (χ3v) is 2.91. The van der Waals surface area contributed by atoms with Crippen molar-refractivity contribution in [3.05, 3.63) is 11.6 Å². The van der Waals surface area contributed by atoms with Crippen LogP contribution in [0.3, 0.4) is 0 Å². The standard InChI is InChI=1S/C13H24N2O/c1-11(2)14-8-4-5-13(16)15-9-6-12(3)7-10-15/h6,11,14H,4-5,7-10H2,1-3H3. The van der Waals surface area contributed by atoms with Crippen LogP contribution in [0.1, 0.15) is 40.0 Å². The van der Waals surface area contributed by atoms with Crippen molar-refractivity contribution < 1.29 is 4.79 Å². The van der Waals surface area contributed by atoms with Crippen LogP contribution in [0.5, 0.6) is 0 Å². The zero-order chi connectivity index (χ0) is 12.0. The van der Waals surface area contributed by atoms with Crippen LogP contribution in [-0.4, -0.2) is 36.5 Å². The molecule has 3 nitrogen and oxygen atoms in total. The lowest BCUT2D eigenvalue weighted by molar-refractivity contribution is -0.130. The molecule has 1 heterocycles. The summed E-state index contributed by atoms with van der Waals surface area (Å²) in [6.45, 7) is 9.03. The second-order valence-corrected chi connectivity index (χ2v) is 4.85. The highest BCUT2D eigenvalue weighted by Crippen LogP contribution is 2.10. The first-order valence-electron chi connectivity index (χ1n) is 6.26. The predicted molar refractivity (Wildman–Crippen MR) is 67.3 cm³/mol. The Balaban J connectivity index is 2.16. The van der Waals surface area contributed by atoms with Gasteiger partial charge in [-0.1, -0.05) is 25.5 Å². The molecule has 1 rings (SSSR count). The van der Waals surface area contributed by atoms with E-state index in [4.69, 9.17) is 0 Å². The molecule has 1 aliphatic rings. The van der Waals surface area contributed by atoms with Crippen LogP contribution >= 0.6 is 0 Å². The summed E-state index contributed by atoms with van der Waals surface area (Å²) < 4.78 is 0. The first-order chi connectivity index (χ1) is 7.59. The van der Waals surface area contributed by atoms with Crippen molar-refractivity contribution in [1.29, 1.82) is 0 Å². The molecule has 3 heteroatoms. The fourth-order valence-corrected chi connectivity index (χ4v) is 1.79. The van der Waals surface area contributed by atoms with E-state index in [1.54, 1.807) is 0 Å². The van der Waals surface area contributed by atoms with E-state index in [1.165, 1.54) is 5.57 Å². The molecule has 0 radical (unpaired) electrons. The zero-order valence-corrected chi connectivity index (χ0v) is 10.8. The van der Waals surface area contributed by atoms with Gasteiger partial charge in [0.25, 0.3) is 0 Å². The maximum absolute atomic E-state index is 11.8. The van der Waals surface area contributed by atoms with E-state index in [-0.39, 0.29) is 0 Å². The molecule has 92 valence electrons. The number of amides is 1. The third kappa shape index (κ3) is 4.79. The van der Waals surface area contributed by atoms with Gasteiger partial charge in [0.05, 0.1) is 0 Å². The molecular formula is C13H24N2O. The summed E-state index contributed by atoms with van der Waals surface area (Å²) in [6.07, 6.45) is 4.81. The van der Waals surface area contributed by atoms with Gasteiger partial charge in [0, 0.05) is 25.6 Å². The molecule has 0 unspecified atom stereocenters. The summed E-state index contributed by atoms with van der Waals surface area (Å²) in [6, 6.07) is 0.510. The van der Waals surface area contributed by atoms with E-state index >= 15 is 0 Å². The van der Waals surface area contributed by atoms with Gasteiger partial charge in [-0.05, 0) is 26.3 Å². The van der Waals surface area contributed by atoms with Crippen LogP contribution in [0.25, 0.3) is 0 Å². The normalized spacial score (nSPS) is 16.5. The number of carbonyl (C=O) groups is 1. The minimum atomic E-state index is 0.300. The van der Waals surface area contributed by atoms with Gasteiger partial charge < -0.3 is 10.2 Å². The Bertz CT molecular complexity index is 259. The smallest absolute Gasteiger partial charge is 0.222 e. The summed E-state index contributed by atoms with van der Waals surface area (Å²) in [5.74, 6) is 0.300. The van der Waals surface area contributed by atoms with E-state index < -0.39 is 0 Å². The molecule has 1 amide bonds. The summed E-state index contributed by atoms with van der Waals surface area (Å²) in [5.41, 5.74) is 1.41. The Labute approximate surface area is 98.9 Å². The third-order valence-electron chi connectivity index (χ3n) is 2.91. The van der Waals surface area contributed by atoms with Gasteiger partial charge in [-0.3, -0.25) is 4.79 Å². The van der Waals surface area contributed by atoms with Crippen LogP contribution in [0.4, 0.5) is 0 Å². The fourth-order valence-electron chi connectivity index (χ4n) is 1.79. The first-order valence-corrected chi connectivity index (χ1v) is 6.26. The number of carbonyl (C=O) groups excluding carboxylic acids is 1. The van der Waals surface area contributed by atoms with Gasteiger partial charge in [0.1, 0.15) is 0 Å². The molecule has 0 atom stereocenters. The zero-order valence-electron chi connectivity index (χ0n) is 10.8.